The second-order valence-corrected chi connectivity index (χ2v) is 4.64. The van der Waals surface area contributed by atoms with Gasteiger partial charge in [0.25, 0.3) is 0 Å². The minimum Gasteiger partial charge on any atom is -0.358 e. The summed E-state index contributed by atoms with van der Waals surface area (Å²) in [4.78, 5) is 15.7. The fourth-order valence-corrected chi connectivity index (χ4v) is 2.29. The zero-order chi connectivity index (χ0) is 11.9. The molecule has 0 radical (unpaired) electrons. The monoisotopic (exact) mass is 215 g/mol. The smallest absolute Gasteiger partial charge is 0.193 e. The van der Waals surface area contributed by atoms with Crippen LogP contribution in [0.2, 0.25) is 0 Å². The van der Waals surface area contributed by atoms with Crippen LogP contribution >= 0.6 is 0 Å². The number of aryl methyl sites for hydroxylation is 2. The van der Waals surface area contributed by atoms with E-state index in [1.807, 2.05) is 32.0 Å². The number of rotatable bonds is 1. The van der Waals surface area contributed by atoms with Gasteiger partial charge in [0.2, 0.25) is 0 Å². The largest absolute Gasteiger partial charge is 0.358 e. The highest BCUT2D eigenvalue weighted by Crippen LogP contribution is 2.19. The van der Waals surface area contributed by atoms with Crippen LogP contribution in [0.25, 0.3) is 10.9 Å². The van der Waals surface area contributed by atoms with Crippen molar-refractivity contribution < 1.29 is 0 Å². The molecule has 16 heavy (non-hydrogen) atoms. The van der Waals surface area contributed by atoms with Gasteiger partial charge >= 0.3 is 0 Å². The molecule has 1 N–H and O–H groups in total. The molecule has 0 aliphatic carbocycles. The van der Waals surface area contributed by atoms with E-state index in [1.54, 1.807) is 0 Å². The van der Waals surface area contributed by atoms with Crippen molar-refractivity contribution in [3.63, 3.8) is 0 Å². The minimum absolute atomic E-state index is 0.171. The average molecular weight is 215 g/mol. The topological polar surface area (TPSA) is 32.9 Å². The van der Waals surface area contributed by atoms with Gasteiger partial charge in [-0.05, 0) is 31.4 Å². The van der Waals surface area contributed by atoms with E-state index in [0.29, 0.717) is 0 Å². The average Bonchev–Trinajstić information content (AvgIpc) is 2.19. The van der Waals surface area contributed by atoms with E-state index in [4.69, 9.17) is 0 Å². The first-order valence-electron chi connectivity index (χ1n) is 5.64. The number of H-pyrrole nitrogens is 1. The van der Waals surface area contributed by atoms with Crippen LogP contribution in [0.5, 0.6) is 0 Å². The fourth-order valence-electron chi connectivity index (χ4n) is 2.29. The number of aromatic amines is 1. The molecule has 2 aromatic rings. The van der Waals surface area contributed by atoms with Crippen LogP contribution in [-0.4, -0.2) is 4.98 Å². The Bertz CT molecular complexity index is 593. The Hall–Kier alpha value is -1.57. The quantitative estimate of drug-likeness (QED) is 0.778. The molecule has 0 aliphatic rings. The van der Waals surface area contributed by atoms with Crippen LogP contribution in [0.4, 0.5) is 0 Å². The van der Waals surface area contributed by atoms with Gasteiger partial charge in [0.05, 0.1) is 5.52 Å². The Morgan fingerprint density at radius 3 is 2.50 bits per heavy atom. The lowest BCUT2D eigenvalue weighted by molar-refractivity contribution is 0.838. The van der Waals surface area contributed by atoms with Crippen molar-refractivity contribution in [2.45, 2.75) is 33.6 Å². The molecule has 0 atom stereocenters. The van der Waals surface area contributed by atoms with E-state index in [0.717, 1.165) is 27.7 Å². The van der Waals surface area contributed by atoms with E-state index in [9.17, 15) is 4.79 Å². The molecule has 1 heterocycles. The Morgan fingerprint density at radius 2 is 1.88 bits per heavy atom. The second kappa shape index (κ2) is 3.78. The molecule has 2 rings (SSSR count). The molecule has 0 spiro atoms. The second-order valence-electron chi connectivity index (χ2n) is 4.64. The van der Waals surface area contributed by atoms with Crippen LogP contribution in [0.3, 0.4) is 0 Å². The summed E-state index contributed by atoms with van der Waals surface area (Å²) in [7, 11) is 0. The van der Waals surface area contributed by atoms with Crippen molar-refractivity contribution in [2.24, 2.45) is 0 Å². The number of nitrogens with one attached hydrogen (secondary N) is 1. The normalized spacial score (nSPS) is 11.3. The van der Waals surface area contributed by atoms with Gasteiger partial charge in [0, 0.05) is 16.6 Å². The summed E-state index contributed by atoms with van der Waals surface area (Å²) in [6, 6.07) is 5.85. The van der Waals surface area contributed by atoms with Crippen LogP contribution in [0.15, 0.2) is 23.0 Å². The standard InChI is InChI=1S/C14H17NO/c1-8(2)12-10(4)15-13-9(3)6-5-7-11(13)14(12)16/h5-8H,1-4H3,(H,15,16). The fraction of sp³-hybridized carbons (Fsp3) is 0.357. The Balaban J connectivity index is 2.95. The third-order valence-corrected chi connectivity index (χ3v) is 3.06. The van der Waals surface area contributed by atoms with Gasteiger partial charge in [-0.1, -0.05) is 26.0 Å². The van der Waals surface area contributed by atoms with Gasteiger partial charge in [-0.15, -0.1) is 0 Å². The van der Waals surface area contributed by atoms with Crippen molar-refractivity contribution in [1.29, 1.82) is 0 Å². The van der Waals surface area contributed by atoms with E-state index < -0.39 is 0 Å². The number of para-hydroxylation sites is 1. The van der Waals surface area contributed by atoms with E-state index >= 15 is 0 Å². The molecule has 0 saturated heterocycles. The molecular weight excluding hydrogens is 198 g/mol. The Labute approximate surface area is 95.3 Å². The molecule has 0 aliphatic heterocycles. The molecule has 0 bridgehead atoms. The summed E-state index contributed by atoms with van der Waals surface area (Å²) in [5.74, 6) is 0.258. The Kier molecular flexibility index (Phi) is 2.58. The van der Waals surface area contributed by atoms with Crippen LogP contribution < -0.4 is 5.43 Å². The maximum atomic E-state index is 12.3. The summed E-state index contributed by atoms with van der Waals surface area (Å²) >= 11 is 0. The van der Waals surface area contributed by atoms with E-state index in [1.165, 1.54) is 0 Å². The molecule has 0 amide bonds. The summed E-state index contributed by atoms with van der Waals surface area (Å²) in [6.07, 6.45) is 0. The summed E-state index contributed by atoms with van der Waals surface area (Å²) in [6.45, 7) is 8.10. The number of fused-ring (bicyclic) bond motifs is 1. The van der Waals surface area contributed by atoms with Gasteiger partial charge in [0.1, 0.15) is 0 Å². The summed E-state index contributed by atoms with van der Waals surface area (Å²) in [5.41, 5.74) is 4.15. The van der Waals surface area contributed by atoms with E-state index in [-0.39, 0.29) is 11.3 Å². The molecule has 2 nitrogen and oxygen atoms in total. The van der Waals surface area contributed by atoms with Gasteiger partial charge in [-0.25, -0.2) is 0 Å². The summed E-state index contributed by atoms with van der Waals surface area (Å²) < 4.78 is 0. The van der Waals surface area contributed by atoms with E-state index in [2.05, 4.69) is 18.8 Å². The molecule has 0 fully saturated rings. The maximum absolute atomic E-state index is 12.3. The first-order chi connectivity index (χ1) is 7.52. The van der Waals surface area contributed by atoms with Crippen LogP contribution in [0.1, 0.15) is 36.6 Å². The lowest BCUT2D eigenvalue weighted by atomic mass is 9.98. The number of hydrogen-bond acceptors (Lipinski definition) is 1. The number of aromatic nitrogens is 1. The van der Waals surface area contributed by atoms with Gasteiger partial charge in [-0.3, -0.25) is 4.79 Å². The highest BCUT2D eigenvalue weighted by Gasteiger charge is 2.12. The van der Waals surface area contributed by atoms with Crippen molar-refractivity contribution in [1.82, 2.24) is 4.98 Å². The predicted octanol–water partition coefficient (Wildman–Crippen LogP) is 3.27. The van der Waals surface area contributed by atoms with Gasteiger partial charge in [-0.2, -0.15) is 0 Å². The third-order valence-electron chi connectivity index (χ3n) is 3.06. The van der Waals surface area contributed by atoms with Crippen molar-refractivity contribution in [3.05, 3.63) is 45.2 Å². The summed E-state index contributed by atoms with van der Waals surface area (Å²) in [5, 5.41) is 0.800. The third kappa shape index (κ3) is 1.54. The van der Waals surface area contributed by atoms with Crippen molar-refractivity contribution in [2.75, 3.05) is 0 Å². The lowest BCUT2D eigenvalue weighted by Gasteiger charge is -2.11. The first-order valence-corrected chi connectivity index (χ1v) is 5.64. The number of hydrogen-bond donors (Lipinski definition) is 1. The highest BCUT2D eigenvalue weighted by molar-refractivity contribution is 5.82. The van der Waals surface area contributed by atoms with Gasteiger partial charge < -0.3 is 4.98 Å². The SMILES string of the molecule is Cc1[nH]c2c(C)cccc2c(=O)c1C(C)C. The first kappa shape index (κ1) is 10.9. The lowest BCUT2D eigenvalue weighted by Crippen LogP contribution is -2.15. The molecule has 0 saturated carbocycles. The zero-order valence-electron chi connectivity index (χ0n) is 10.2. The van der Waals surface area contributed by atoms with Crippen LogP contribution in [-0.2, 0) is 0 Å². The minimum atomic E-state index is 0.171. The Morgan fingerprint density at radius 1 is 1.19 bits per heavy atom. The zero-order valence-corrected chi connectivity index (χ0v) is 10.2. The van der Waals surface area contributed by atoms with Crippen molar-refractivity contribution >= 4 is 10.9 Å². The number of benzene rings is 1. The van der Waals surface area contributed by atoms with Crippen molar-refractivity contribution in [3.8, 4) is 0 Å². The highest BCUT2D eigenvalue weighted by atomic mass is 16.1. The maximum Gasteiger partial charge on any atom is 0.193 e. The molecule has 1 aromatic carbocycles. The molecular formula is C14H17NO. The molecule has 84 valence electrons. The van der Waals surface area contributed by atoms with Crippen LogP contribution in [0, 0.1) is 13.8 Å². The molecule has 1 aromatic heterocycles. The van der Waals surface area contributed by atoms with Gasteiger partial charge in [0.15, 0.2) is 5.43 Å². The number of pyridine rings is 1. The predicted molar refractivity (Wildman–Crippen MR) is 68.1 cm³/mol. The molecule has 2 heteroatoms. The molecule has 0 unspecified atom stereocenters.